The highest BCUT2D eigenvalue weighted by Crippen LogP contribution is 2.30. The first-order valence-electron chi connectivity index (χ1n) is 9.25. The molecule has 2 saturated heterocycles. The van der Waals surface area contributed by atoms with Crippen LogP contribution in [0.15, 0.2) is 30.3 Å². The summed E-state index contributed by atoms with van der Waals surface area (Å²) in [6, 6.07) is 10.3. The van der Waals surface area contributed by atoms with Gasteiger partial charge in [0, 0.05) is 25.2 Å². The number of nitrogens with zero attached hydrogens (tertiary/aromatic N) is 1. The van der Waals surface area contributed by atoms with Gasteiger partial charge in [-0.2, -0.15) is 0 Å². The number of carbonyl (C=O) groups excluding carboxylic acids is 2. The molecule has 28 heavy (non-hydrogen) atoms. The largest absolute Gasteiger partial charge is 0.483 e. The Kier molecular flexibility index (Phi) is 8.70. The second-order valence-corrected chi connectivity index (χ2v) is 6.51. The molecule has 2 aliphatic heterocycles. The lowest BCUT2D eigenvalue weighted by Gasteiger charge is -2.35. The Labute approximate surface area is 164 Å². The van der Waals surface area contributed by atoms with Crippen LogP contribution in [0, 0.1) is 0 Å². The summed E-state index contributed by atoms with van der Waals surface area (Å²) in [6.07, 6.45) is 0.933. The Hall–Kier alpha value is -2.65. The predicted molar refractivity (Wildman–Crippen MR) is 101 cm³/mol. The Bertz CT molecular complexity index is 642. The third kappa shape index (κ3) is 6.50. The molecule has 0 bridgehead atoms. The minimum Gasteiger partial charge on any atom is -0.483 e. The zero-order chi connectivity index (χ0) is 20.4. The van der Waals surface area contributed by atoms with Gasteiger partial charge >= 0.3 is 12.0 Å². The van der Waals surface area contributed by atoms with Gasteiger partial charge in [-0.25, -0.2) is 4.79 Å². The van der Waals surface area contributed by atoms with E-state index in [0.717, 1.165) is 19.5 Å². The van der Waals surface area contributed by atoms with Crippen LogP contribution in [0.2, 0.25) is 0 Å². The van der Waals surface area contributed by atoms with E-state index in [0.29, 0.717) is 19.3 Å². The van der Waals surface area contributed by atoms with Crippen molar-refractivity contribution in [2.45, 2.75) is 31.5 Å². The molecule has 0 radical (unpaired) electrons. The van der Waals surface area contributed by atoms with Crippen molar-refractivity contribution in [1.82, 2.24) is 15.5 Å². The zero-order valence-electron chi connectivity index (χ0n) is 15.9. The smallest absolute Gasteiger partial charge is 0.325 e. The first-order valence-corrected chi connectivity index (χ1v) is 9.25. The number of amides is 2. The van der Waals surface area contributed by atoms with Crippen molar-refractivity contribution in [1.29, 1.82) is 0 Å². The van der Waals surface area contributed by atoms with E-state index in [2.05, 4.69) is 27.7 Å². The van der Waals surface area contributed by atoms with E-state index >= 15 is 0 Å². The highest BCUT2D eigenvalue weighted by molar-refractivity contribution is 5.80. The molecule has 2 aliphatic rings. The van der Waals surface area contributed by atoms with Crippen LogP contribution in [0.25, 0.3) is 0 Å². The number of urea groups is 1. The van der Waals surface area contributed by atoms with E-state index in [-0.39, 0.29) is 31.2 Å². The van der Waals surface area contributed by atoms with Crippen LogP contribution in [0.4, 0.5) is 4.79 Å². The highest BCUT2D eigenvalue weighted by Gasteiger charge is 2.38. The number of hydrogen-bond donors (Lipinski definition) is 3. The number of esters is 1. The molecule has 0 unspecified atom stereocenters. The molecular weight excluding hydrogens is 366 g/mol. The molecular formula is C19H27N3O6. The van der Waals surface area contributed by atoms with Gasteiger partial charge in [0.15, 0.2) is 0 Å². The first-order chi connectivity index (χ1) is 13.6. The number of fused-ring (bicyclic) bond motifs is 1. The Balaban J connectivity index is 0.000000878. The van der Waals surface area contributed by atoms with Crippen LogP contribution in [0.3, 0.4) is 0 Å². The summed E-state index contributed by atoms with van der Waals surface area (Å²) >= 11 is 0. The molecule has 0 aromatic heterocycles. The fourth-order valence-corrected chi connectivity index (χ4v) is 3.45. The molecule has 154 valence electrons. The lowest BCUT2D eigenvalue weighted by molar-refractivity contribution is -0.141. The summed E-state index contributed by atoms with van der Waals surface area (Å²) in [4.78, 5) is 33.9. The van der Waals surface area contributed by atoms with Gasteiger partial charge in [-0.1, -0.05) is 30.3 Å². The second kappa shape index (κ2) is 11.3. The second-order valence-electron chi connectivity index (χ2n) is 6.51. The minimum atomic E-state index is -0.430. The Morgan fingerprint density at radius 3 is 2.71 bits per heavy atom. The van der Waals surface area contributed by atoms with Crippen molar-refractivity contribution < 1.29 is 29.0 Å². The predicted octanol–water partition coefficient (Wildman–Crippen LogP) is 0.764. The lowest BCUT2D eigenvalue weighted by Crippen LogP contribution is -2.45. The molecule has 3 atom stereocenters. The van der Waals surface area contributed by atoms with Crippen molar-refractivity contribution in [2.75, 3.05) is 32.8 Å². The summed E-state index contributed by atoms with van der Waals surface area (Å²) in [7, 11) is 0. The van der Waals surface area contributed by atoms with Crippen molar-refractivity contribution in [3.05, 3.63) is 35.9 Å². The molecule has 0 saturated carbocycles. The summed E-state index contributed by atoms with van der Waals surface area (Å²) in [5.41, 5.74) is 1.18. The maximum absolute atomic E-state index is 11.9. The third-order valence-electron chi connectivity index (χ3n) is 4.62. The number of nitrogens with one attached hydrogen (secondary N) is 2. The standard InChI is InChI=1S/C18H25N3O4.CH2O2/c1-2-24-17(22)9-19-18(23)20-14-8-15-12-25-16(11-21(15)10-14)13-6-4-3-5-7-13;2-1-3/h3-7,14-16H,2,8-12H2,1H3,(H2,19,20,23);1H,(H,2,3)/t14-,15-,16+;/m0./s1. The van der Waals surface area contributed by atoms with Gasteiger partial charge in [-0.3, -0.25) is 14.5 Å². The fourth-order valence-electron chi connectivity index (χ4n) is 3.45. The molecule has 1 aromatic rings. The summed E-state index contributed by atoms with van der Waals surface area (Å²) < 4.78 is 10.8. The van der Waals surface area contributed by atoms with Gasteiger partial charge in [0.2, 0.25) is 0 Å². The normalized spacial score (nSPS) is 23.5. The monoisotopic (exact) mass is 393 g/mol. The van der Waals surface area contributed by atoms with Crippen molar-refractivity contribution in [2.24, 2.45) is 0 Å². The van der Waals surface area contributed by atoms with Gasteiger partial charge in [-0.15, -0.1) is 0 Å². The van der Waals surface area contributed by atoms with E-state index in [1.165, 1.54) is 5.56 Å². The van der Waals surface area contributed by atoms with Crippen molar-refractivity contribution in [3.63, 3.8) is 0 Å². The van der Waals surface area contributed by atoms with Gasteiger partial charge < -0.3 is 25.2 Å². The lowest BCUT2D eigenvalue weighted by atomic mass is 10.1. The van der Waals surface area contributed by atoms with E-state index in [1.807, 2.05) is 18.2 Å². The van der Waals surface area contributed by atoms with Crippen LogP contribution in [0.1, 0.15) is 25.0 Å². The maximum Gasteiger partial charge on any atom is 0.325 e. The molecule has 2 amide bonds. The Morgan fingerprint density at radius 2 is 2.04 bits per heavy atom. The third-order valence-corrected chi connectivity index (χ3v) is 4.62. The summed E-state index contributed by atoms with van der Waals surface area (Å²) in [6.45, 7) is 3.98. The van der Waals surface area contributed by atoms with Crippen LogP contribution in [-0.4, -0.2) is 73.4 Å². The van der Waals surface area contributed by atoms with E-state index in [9.17, 15) is 9.59 Å². The van der Waals surface area contributed by atoms with Gasteiger partial charge in [0.1, 0.15) is 6.54 Å². The molecule has 9 heteroatoms. The highest BCUT2D eigenvalue weighted by atomic mass is 16.5. The summed E-state index contributed by atoms with van der Waals surface area (Å²) in [5, 5.41) is 12.4. The van der Waals surface area contributed by atoms with Crippen LogP contribution >= 0.6 is 0 Å². The average Bonchev–Trinajstić information content (AvgIpc) is 3.09. The SMILES string of the molecule is CCOC(=O)CNC(=O)N[C@H]1C[C@H]2CO[C@@H](c3ccccc3)CN2C1.O=CO. The number of hydrogen-bond acceptors (Lipinski definition) is 6. The molecule has 2 fully saturated rings. The van der Waals surface area contributed by atoms with Gasteiger partial charge in [0.25, 0.3) is 6.47 Å². The van der Waals surface area contributed by atoms with E-state index in [1.54, 1.807) is 6.92 Å². The molecule has 9 nitrogen and oxygen atoms in total. The zero-order valence-corrected chi connectivity index (χ0v) is 15.9. The molecule has 0 spiro atoms. The van der Waals surface area contributed by atoms with Crippen molar-refractivity contribution >= 4 is 18.5 Å². The molecule has 0 aliphatic carbocycles. The topological polar surface area (TPSA) is 117 Å². The van der Waals surface area contributed by atoms with E-state index < -0.39 is 5.97 Å². The van der Waals surface area contributed by atoms with Crippen molar-refractivity contribution in [3.8, 4) is 0 Å². The number of carboxylic acid groups (broad SMARTS) is 1. The van der Waals surface area contributed by atoms with Gasteiger partial charge in [0.05, 0.1) is 19.3 Å². The fraction of sp³-hybridized carbons (Fsp3) is 0.526. The quantitative estimate of drug-likeness (QED) is 0.499. The average molecular weight is 393 g/mol. The summed E-state index contributed by atoms with van der Waals surface area (Å²) in [5.74, 6) is -0.430. The minimum absolute atomic E-state index is 0.0605. The maximum atomic E-state index is 11.9. The number of carbonyl (C=O) groups is 3. The number of morpholine rings is 1. The number of benzene rings is 1. The number of ether oxygens (including phenoxy) is 2. The first kappa shape index (κ1) is 21.6. The number of rotatable bonds is 5. The van der Waals surface area contributed by atoms with Gasteiger partial charge in [-0.05, 0) is 18.9 Å². The van der Waals surface area contributed by atoms with Crippen LogP contribution in [-0.2, 0) is 19.1 Å². The molecule has 1 aromatic carbocycles. The van der Waals surface area contributed by atoms with Crippen LogP contribution in [0.5, 0.6) is 0 Å². The molecule has 3 N–H and O–H groups in total. The molecule has 3 rings (SSSR count). The molecule has 2 heterocycles. The Morgan fingerprint density at radius 1 is 1.32 bits per heavy atom. The van der Waals surface area contributed by atoms with Crippen LogP contribution < -0.4 is 10.6 Å². The van der Waals surface area contributed by atoms with E-state index in [4.69, 9.17) is 19.4 Å².